The van der Waals surface area contributed by atoms with Crippen molar-refractivity contribution in [3.05, 3.63) is 71.8 Å². The SMILES string of the molecule is C[C@@H]1C[C@H](OC[C@H](O)CN2CCN(C(c3ccccc3)c3ccccc3)CC2)CC(C)(C)C1. The minimum absolute atomic E-state index is 0.277. The minimum atomic E-state index is -0.420. The number of hydrogen-bond acceptors (Lipinski definition) is 4. The number of β-amino-alcohol motifs (C(OH)–C–C–N with tert-alkyl or cyclic N) is 1. The molecule has 180 valence electrons. The molecule has 0 spiro atoms. The van der Waals surface area contributed by atoms with E-state index >= 15 is 0 Å². The van der Waals surface area contributed by atoms with E-state index in [1.807, 2.05) is 0 Å². The summed E-state index contributed by atoms with van der Waals surface area (Å²) < 4.78 is 6.18. The van der Waals surface area contributed by atoms with Gasteiger partial charge in [0, 0.05) is 32.7 Å². The summed E-state index contributed by atoms with van der Waals surface area (Å²) in [6, 6.07) is 21.9. The molecule has 1 aliphatic carbocycles. The Morgan fingerprint density at radius 2 is 1.48 bits per heavy atom. The van der Waals surface area contributed by atoms with E-state index < -0.39 is 6.10 Å². The van der Waals surface area contributed by atoms with Crippen LogP contribution in [-0.4, -0.2) is 66.4 Å². The summed E-state index contributed by atoms with van der Waals surface area (Å²) in [7, 11) is 0. The third-order valence-electron chi connectivity index (χ3n) is 7.34. The van der Waals surface area contributed by atoms with E-state index in [1.165, 1.54) is 17.5 Å². The standard InChI is InChI=1S/C29H42N2O2/c1-23-18-27(20-29(2,3)19-23)33-22-26(32)21-30-14-16-31(17-15-30)28(24-10-6-4-7-11-24)25-12-8-5-9-13-25/h4-13,23,26-28,32H,14-22H2,1-3H3/t23-,26-,27+/m1/s1. The molecule has 2 aromatic carbocycles. The monoisotopic (exact) mass is 450 g/mol. The number of benzene rings is 2. The number of aliphatic hydroxyl groups is 1. The van der Waals surface area contributed by atoms with E-state index in [-0.39, 0.29) is 12.1 Å². The first-order valence-corrected chi connectivity index (χ1v) is 12.8. The molecule has 1 heterocycles. The molecule has 2 aliphatic rings. The molecule has 4 rings (SSSR count). The molecule has 0 bridgehead atoms. The average molecular weight is 451 g/mol. The van der Waals surface area contributed by atoms with E-state index in [9.17, 15) is 5.11 Å². The van der Waals surface area contributed by atoms with Gasteiger partial charge in [0.05, 0.1) is 24.9 Å². The average Bonchev–Trinajstić information content (AvgIpc) is 2.79. The van der Waals surface area contributed by atoms with Crippen molar-refractivity contribution >= 4 is 0 Å². The molecule has 1 aliphatic heterocycles. The van der Waals surface area contributed by atoms with E-state index in [0.29, 0.717) is 24.5 Å². The summed E-state index contributed by atoms with van der Waals surface area (Å²) in [5, 5.41) is 10.7. The first-order chi connectivity index (χ1) is 15.9. The molecule has 2 fully saturated rings. The first-order valence-electron chi connectivity index (χ1n) is 12.8. The molecule has 33 heavy (non-hydrogen) atoms. The van der Waals surface area contributed by atoms with Gasteiger partial charge < -0.3 is 9.84 Å². The maximum Gasteiger partial charge on any atom is 0.0900 e. The highest BCUT2D eigenvalue weighted by Gasteiger charge is 2.33. The van der Waals surface area contributed by atoms with Crippen LogP contribution in [0.25, 0.3) is 0 Å². The topological polar surface area (TPSA) is 35.9 Å². The maximum atomic E-state index is 10.7. The van der Waals surface area contributed by atoms with Crippen molar-refractivity contribution in [3.63, 3.8) is 0 Å². The molecule has 1 saturated heterocycles. The lowest BCUT2D eigenvalue weighted by Crippen LogP contribution is -2.50. The van der Waals surface area contributed by atoms with Crippen LogP contribution in [0.3, 0.4) is 0 Å². The molecule has 0 radical (unpaired) electrons. The summed E-state index contributed by atoms with van der Waals surface area (Å²) in [6.45, 7) is 12.1. The van der Waals surface area contributed by atoms with Gasteiger partial charge in [-0.25, -0.2) is 0 Å². The van der Waals surface area contributed by atoms with Gasteiger partial charge >= 0.3 is 0 Å². The van der Waals surface area contributed by atoms with Crippen molar-refractivity contribution in [2.24, 2.45) is 11.3 Å². The van der Waals surface area contributed by atoms with E-state index in [0.717, 1.165) is 39.0 Å². The fourth-order valence-electron chi connectivity index (χ4n) is 6.07. The van der Waals surface area contributed by atoms with Gasteiger partial charge in [-0.05, 0) is 41.7 Å². The molecular weight excluding hydrogens is 408 g/mol. The highest BCUT2D eigenvalue weighted by molar-refractivity contribution is 5.31. The van der Waals surface area contributed by atoms with Gasteiger partial charge in [-0.3, -0.25) is 9.80 Å². The van der Waals surface area contributed by atoms with Gasteiger partial charge in [0.1, 0.15) is 0 Å². The van der Waals surface area contributed by atoms with Crippen LogP contribution in [0.1, 0.15) is 57.2 Å². The van der Waals surface area contributed by atoms with Crippen molar-refractivity contribution in [2.45, 2.75) is 58.3 Å². The van der Waals surface area contributed by atoms with Crippen molar-refractivity contribution in [2.75, 3.05) is 39.3 Å². The molecular formula is C29H42N2O2. The molecule has 3 atom stereocenters. The van der Waals surface area contributed by atoms with E-state index in [4.69, 9.17) is 4.74 Å². The van der Waals surface area contributed by atoms with Crippen molar-refractivity contribution < 1.29 is 9.84 Å². The minimum Gasteiger partial charge on any atom is -0.389 e. The second-order valence-electron chi connectivity index (χ2n) is 11.1. The highest BCUT2D eigenvalue weighted by Crippen LogP contribution is 2.39. The Balaban J connectivity index is 1.28. The van der Waals surface area contributed by atoms with Gasteiger partial charge in [-0.15, -0.1) is 0 Å². The first kappa shape index (κ1) is 24.4. The molecule has 0 amide bonds. The summed E-state index contributed by atoms with van der Waals surface area (Å²) in [4.78, 5) is 4.97. The van der Waals surface area contributed by atoms with Crippen LogP contribution >= 0.6 is 0 Å². The highest BCUT2D eigenvalue weighted by atomic mass is 16.5. The molecule has 0 aromatic heterocycles. The zero-order chi connectivity index (χ0) is 23.3. The zero-order valence-electron chi connectivity index (χ0n) is 20.7. The van der Waals surface area contributed by atoms with Gasteiger partial charge in [0.15, 0.2) is 0 Å². The number of piperazine rings is 1. The van der Waals surface area contributed by atoms with Crippen LogP contribution in [0.5, 0.6) is 0 Å². The predicted molar refractivity (Wildman–Crippen MR) is 135 cm³/mol. The summed E-state index contributed by atoms with van der Waals surface area (Å²) in [5.41, 5.74) is 3.03. The van der Waals surface area contributed by atoms with Gasteiger partial charge in [0.2, 0.25) is 0 Å². The van der Waals surface area contributed by atoms with Crippen LogP contribution in [0.15, 0.2) is 60.7 Å². The third-order valence-corrected chi connectivity index (χ3v) is 7.34. The van der Waals surface area contributed by atoms with E-state index in [1.54, 1.807) is 0 Å². The fraction of sp³-hybridized carbons (Fsp3) is 0.586. The number of aliphatic hydroxyl groups excluding tert-OH is 1. The Kier molecular flexibility index (Phi) is 8.24. The Bertz CT molecular complexity index is 794. The predicted octanol–water partition coefficient (Wildman–Crippen LogP) is 4.99. The molecule has 1 N–H and O–H groups in total. The summed E-state index contributed by atoms with van der Waals surface area (Å²) in [5.74, 6) is 0.700. The Labute approximate surface area is 200 Å². The van der Waals surface area contributed by atoms with Gasteiger partial charge in [0.25, 0.3) is 0 Å². The zero-order valence-corrected chi connectivity index (χ0v) is 20.7. The lowest BCUT2D eigenvalue weighted by atomic mass is 9.71. The lowest BCUT2D eigenvalue weighted by Gasteiger charge is -2.41. The van der Waals surface area contributed by atoms with Crippen LogP contribution in [0, 0.1) is 11.3 Å². The van der Waals surface area contributed by atoms with E-state index in [2.05, 4.69) is 91.2 Å². The Morgan fingerprint density at radius 3 is 2.03 bits per heavy atom. The molecule has 2 aromatic rings. The summed E-state index contributed by atoms with van der Waals surface area (Å²) >= 11 is 0. The van der Waals surface area contributed by atoms with Crippen molar-refractivity contribution in [1.29, 1.82) is 0 Å². The second kappa shape index (κ2) is 11.1. The molecule has 4 nitrogen and oxygen atoms in total. The van der Waals surface area contributed by atoms with Crippen LogP contribution in [0.2, 0.25) is 0 Å². The normalized spacial score (nSPS) is 25.2. The van der Waals surface area contributed by atoms with Gasteiger partial charge in [-0.2, -0.15) is 0 Å². The smallest absolute Gasteiger partial charge is 0.0900 e. The second-order valence-corrected chi connectivity index (χ2v) is 11.1. The van der Waals surface area contributed by atoms with Crippen LogP contribution < -0.4 is 0 Å². The fourth-order valence-corrected chi connectivity index (χ4v) is 6.07. The quantitative estimate of drug-likeness (QED) is 0.615. The largest absolute Gasteiger partial charge is 0.389 e. The third kappa shape index (κ3) is 6.89. The summed E-state index contributed by atoms with van der Waals surface area (Å²) in [6.07, 6.45) is 3.36. The lowest BCUT2D eigenvalue weighted by molar-refractivity contribution is -0.0636. The Hall–Kier alpha value is -1.72. The number of nitrogens with zero attached hydrogens (tertiary/aromatic N) is 2. The molecule has 1 saturated carbocycles. The number of rotatable bonds is 8. The van der Waals surface area contributed by atoms with Crippen LogP contribution in [-0.2, 0) is 4.74 Å². The number of ether oxygens (including phenoxy) is 1. The number of hydrogen-bond donors (Lipinski definition) is 1. The maximum absolute atomic E-state index is 10.7. The van der Waals surface area contributed by atoms with Gasteiger partial charge in [-0.1, -0.05) is 81.4 Å². The van der Waals surface area contributed by atoms with Crippen molar-refractivity contribution in [3.8, 4) is 0 Å². The van der Waals surface area contributed by atoms with Crippen LogP contribution in [0.4, 0.5) is 0 Å². The molecule has 0 unspecified atom stereocenters. The molecule has 4 heteroatoms. The van der Waals surface area contributed by atoms with Crippen molar-refractivity contribution in [1.82, 2.24) is 9.80 Å². The Morgan fingerprint density at radius 1 is 0.909 bits per heavy atom.